The predicted molar refractivity (Wildman–Crippen MR) is 90.1 cm³/mol. The molecule has 1 aromatic carbocycles. The van der Waals surface area contributed by atoms with Gasteiger partial charge in [-0.2, -0.15) is 0 Å². The molecule has 4 rings (SSSR count). The van der Waals surface area contributed by atoms with Crippen molar-refractivity contribution in [2.24, 2.45) is 23.2 Å². The van der Waals surface area contributed by atoms with Crippen LogP contribution in [0.15, 0.2) is 42.5 Å². The van der Waals surface area contributed by atoms with Crippen molar-refractivity contribution in [3.63, 3.8) is 0 Å². The summed E-state index contributed by atoms with van der Waals surface area (Å²) in [4.78, 5) is 0. The molecule has 0 amide bonds. The van der Waals surface area contributed by atoms with Gasteiger partial charge >= 0.3 is 0 Å². The van der Waals surface area contributed by atoms with Crippen molar-refractivity contribution in [2.75, 3.05) is 0 Å². The van der Waals surface area contributed by atoms with Gasteiger partial charge in [-0.25, -0.2) is 4.68 Å². The van der Waals surface area contributed by atoms with Crippen LogP contribution in [0, 0.1) is 23.2 Å². The summed E-state index contributed by atoms with van der Waals surface area (Å²) in [5, 5.41) is 8.77. The Morgan fingerprint density at radius 1 is 1.32 bits per heavy atom. The second-order valence-corrected chi connectivity index (χ2v) is 7.09. The summed E-state index contributed by atoms with van der Waals surface area (Å²) in [5.41, 5.74) is 3.78. The van der Waals surface area contributed by atoms with Gasteiger partial charge in [0.1, 0.15) is 5.52 Å². The minimum absolute atomic E-state index is 0.386. The third-order valence-corrected chi connectivity index (χ3v) is 6.25. The van der Waals surface area contributed by atoms with E-state index >= 15 is 0 Å². The van der Waals surface area contributed by atoms with Gasteiger partial charge in [0.25, 0.3) is 0 Å². The smallest absolute Gasteiger partial charge is 0.113 e. The number of rotatable bonds is 2. The zero-order chi connectivity index (χ0) is 15.3. The predicted octanol–water partition coefficient (Wildman–Crippen LogP) is 4.53. The molecule has 22 heavy (non-hydrogen) atoms. The van der Waals surface area contributed by atoms with Gasteiger partial charge in [0, 0.05) is 11.6 Å². The zero-order valence-electron chi connectivity index (χ0n) is 13.5. The van der Waals surface area contributed by atoms with Crippen LogP contribution in [0.1, 0.15) is 33.6 Å². The van der Waals surface area contributed by atoms with Gasteiger partial charge < -0.3 is 0 Å². The van der Waals surface area contributed by atoms with Crippen LogP contribution in [0.2, 0.25) is 0 Å². The molecule has 1 heterocycles. The van der Waals surface area contributed by atoms with Gasteiger partial charge in [0.05, 0.1) is 5.52 Å². The maximum Gasteiger partial charge on any atom is 0.113 e. The summed E-state index contributed by atoms with van der Waals surface area (Å²) in [6.07, 6.45) is 9.33. The van der Waals surface area contributed by atoms with Crippen LogP contribution in [0.3, 0.4) is 0 Å². The lowest BCUT2D eigenvalue weighted by molar-refractivity contribution is 0.185. The molecule has 0 N–H and O–H groups in total. The Balaban J connectivity index is 1.81. The molecular formula is C19H23N3. The fourth-order valence-electron chi connectivity index (χ4n) is 4.51. The van der Waals surface area contributed by atoms with E-state index in [0.29, 0.717) is 17.3 Å². The van der Waals surface area contributed by atoms with Crippen molar-refractivity contribution in [1.82, 2.24) is 15.0 Å². The fourth-order valence-corrected chi connectivity index (χ4v) is 4.51. The van der Waals surface area contributed by atoms with Gasteiger partial charge in [-0.15, -0.1) is 5.10 Å². The molecule has 0 aliphatic heterocycles. The van der Waals surface area contributed by atoms with Crippen molar-refractivity contribution >= 4 is 16.7 Å². The monoisotopic (exact) mass is 293 g/mol. The van der Waals surface area contributed by atoms with Crippen molar-refractivity contribution in [2.45, 2.75) is 33.6 Å². The highest BCUT2D eigenvalue weighted by Gasteiger charge is 2.49. The molecule has 0 spiro atoms. The van der Waals surface area contributed by atoms with Crippen molar-refractivity contribution in [1.29, 1.82) is 0 Å². The van der Waals surface area contributed by atoms with Gasteiger partial charge in [-0.05, 0) is 48.3 Å². The Morgan fingerprint density at radius 2 is 2.14 bits per heavy atom. The van der Waals surface area contributed by atoms with Gasteiger partial charge in [-0.1, -0.05) is 50.3 Å². The van der Waals surface area contributed by atoms with E-state index in [1.807, 2.05) is 12.1 Å². The maximum absolute atomic E-state index is 4.44. The lowest BCUT2D eigenvalue weighted by atomic mass is 9.70. The molecule has 1 fully saturated rings. The minimum Gasteiger partial charge on any atom is -0.217 e. The molecule has 114 valence electrons. The number of aromatic nitrogens is 3. The summed E-state index contributed by atoms with van der Waals surface area (Å²) in [6, 6.07) is 8.22. The number of para-hydroxylation sites is 1. The van der Waals surface area contributed by atoms with Crippen LogP contribution in [0.5, 0.6) is 0 Å². The molecule has 4 unspecified atom stereocenters. The average Bonchev–Trinajstić information content (AvgIpc) is 3.08. The summed E-state index contributed by atoms with van der Waals surface area (Å²) < 4.78 is 2.06. The van der Waals surface area contributed by atoms with Crippen LogP contribution in [0.25, 0.3) is 16.7 Å². The van der Waals surface area contributed by atoms with Gasteiger partial charge in [0.15, 0.2) is 0 Å². The summed E-state index contributed by atoms with van der Waals surface area (Å²) >= 11 is 0. The molecule has 1 aromatic heterocycles. The molecule has 2 aliphatic rings. The Hall–Kier alpha value is -1.90. The minimum atomic E-state index is 0.386. The summed E-state index contributed by atoms with van der Waals surface area (Å²) in [6.45, 7) is 7.19. The molecule has 1 saturated carbocycles. The number of allylic oxidation sites excluding steroid dienone is 4. The number of nitrogens with zero attached hydrogens (tertiary/aromatic N) is 3. The van der Waals surface area contributed by atoms with E-state index in [9.17, 15) is 0 Å². The maximum atomic E-state index is 4.44. The lowest BCUT2D eigenvalue weighted by Gasteiger charge is -2.36. The average molecular weight is 293 g/mol. The second-order valence-electron chi connectivity index (χ2n) is 7.09. The molecule has 4 atom stereocenters. The standard InChI is InChI=1S/C19H23N3/c1-4-19(3)13(2)12-14-15(19)8-7-11-17(14)22-18-10-6-5-9-16(18)20-21-22/h5-11,13-15H,4,12H2,1-3H3. The van der Waals surface area contributed by atoms with E-state index in [-0.39, 0.29) is 0 Å². The molecule has 3 heteroatoms. The molecule has 0 saturated heterocycles. The molecule has 0 bridgehead atoms. The van der Waals surface area contributed by atoms with Gasteiger partial charge in [0.2, 0.25) is 0 Å². The first-order chi connectivity index (χ1) is 10.6. The van der Waals surface area contributed by atoms with E-state index in [1.54, 1.807) is 0 Å². The first-order valence-electron chi connectivity index (χ1n) is 8.34. The van der Waals surface area contributed by atoms with Crippen LogP contribution in [-0.2, 0) is 0 Å². The Kier molecular flexibility index (Phi) is 3.00. The highest BCUT2D eigenvalue weighted by atomic mass is 15.4. The Labute approximate surface area is 131 Å². The largest absolute Gasteiger partial charge is 0.217 e. The molecular weight excluding hydrogens is 270 g/mol. The summed E-state index contributed by atoms with van der Waals surface area (Å²) in [5.74, 6) is 1.89. The van der Waals surface area contributed by atoms with E-state index in [0.717, 1.165) is 17.0 Å². The fraction of sp³-hybridized carbons (Fsp3) is 0.474. The van der Waals surface area contributed by atoms with Crippen molar-refractivity contribution < 1.29 is 0 Å². The lowest BCUT2D eigenvalue weighted by Crippen LogP contribution is -2.29. The van der Waals surface area contributed by atoms with E-state index in [1.165, 1.54) is 18.5 Å². The topological polar surface area (TPSA) is 30.7 Å². The third kappa shape index (κ3) is 1.74. The Morgan fingerprint density at radius 3 is 2.95 bits per heavy atom. The van der Waals surface area contributed by atoms with Crippen LogP contribution in [-0.4, -0.2) is 15.0 Å². The zero-order valence-corrected chi connectivity index (χ0v) is 13.5. The quantitative estimate of drug-likeness (QED) is 0.814. The first-order valence-corrected chi connectivity index (χ1v) is 8.34. The van der Waals surface area contributed by atoms with Crippen molar-refractivity contribution in [3.8, 4) is 0 Å². The number of hydrogen-bond donors (Lipinski definition) is 0. The van der Waals surface area contributed by atoms with Crippen molar-refractivity contribution in [3.05, 3.63) is 42.5 Å². The third-order valence-electron chi connectivity index (χ3n) is 6.25. The second kappa shape index (κ2) is 4.80. The molecule has 0 radical (unpaired) electrons. The van der Waals surface area contributed by atoms with E-state index in [2.05, 4.69) is 66.1 Å². The van der Waals surface area contributed by atoms with Crippen LogP contribution in [0.4, 0.5) is 0 Å². The molecule has 2 aliphatic carbocycles. The van der Waals surface area contributed by atoms with E-state index < -0.39 is 0 Å². The highest BCUT2D eigenvalue weighted by molar-refractivity contribution is 5.78. The van der Waals surface area contributed by atoms with Crippen LogP contribution < -0.4 is 0 Å². The first kappa shape index (κ1) is 13.7. The normalized spacial score (nSPS) is 34.0. The highest BCUT2D eigenvalue weighted by Crippen LogP contribution is 2.57. The SMILES string of the molecule is CCC1(C)C(C)CC2C(n3nnc4ccccc43)=CC=CC21. The number of hydrogen-bond acceptors (Lipinski definition) is 2. The molecule has 2 aromatic rings. The molecule has 3 nitrogen and oxygen atoms in total. The van der Waals surface area contributed by atoms with E-state index in [4.69, 9.17) is 0 Å². The summed E-state index contributed by atoms with van der Waals surface area (Å²) in [7, 11) is 0. The Bertz CT molecular complexity index is 770. The number of fused-ring (bicyclic) bond motifs is 2. The number of benzene rings is 1. The van der Waals surface area contributed by atoms with Gasteiger partial charge in [-0.3, -0.25) is 0 Å². The van der Waals surface area contributed by atoms with Crippen LogP contribution >= 0.6 is 0 Å².